The number of likely N-dealkylation sites (tertiary alicyclic amines) is 1. The molecule has 4 rings (SSSR count). The molecule has 3 saturated heterocycles. The third kappa shape index (κ3) is 5.25. The van der Waals surface area contributed by atoms with E-state index >= 15 is 0 Å². The monoisotopic (exact) mass is 565 g/mol. The van der Waals surface area contributed by atoms with E-state index in [2.05, 4.69) is 20.1 Å². The fraction of sp³-hybridized carbons (Fsp3) is 0.606. The average Bonchev–Trinajstić information content (AvgIpc) is 3.46. The highest BCUT2D eigenvalue weighted by Crippen LogP contribution is 2.65. The van der Waals surface area contributed by atoms with Crippen molar-refractivity contribution in [1.82, 2.24) is 9.80 Å². The Balaban J connectivity index is 1.78. The van der Waals surface area contributed by atoms with Gasteiger partial charge in [0.05, 0.1) is 17.4 Å². The van der Waals surface area contributed by atoms with E-state index in [-0.39, 0.29) is 36.3 Å². The Bertz CT molecular complexity index is 1140. The number of anilines is 1. The lowest BCUT2D eigenvalue weighted by Crippen LogP contribution is -2.58. The Labute approximate surface area is 245 Å². The zero-order valence-electron chi connectivity index (χ0n) is 25.1. The van der Waals surface area contributed by atoms with Crippen molar-refractivity contribution in [2.45, 2.75) is 83.1 Å². The fourth-order valence-corrected chi connectivity index (χ4v) is 7.46. The van der Waals surface area contributed by atoms with Crippen molar-refractivity contribution in [1.29, 1.82) is 0 Å². The molecule has 0 radical (unpaired) electrons. The summed E-state index contributed by atoms with van der Waals surface area (Å²) in [6.07, 6.45) is 7.03. The van der Waals surface area contributed by atoms with Crippen LogP contribution in [0.25, 0.3) is 0 Å². The van der Waals surface area contributed by atoms with Gasteiger partial charge in [-0.2, -0.15) is 0 Å². The lowest BCUT2D eigenvalue weighted by Gasteiger charge is -2.39. The Morgan fingerprint density at radius 1 is 1.10 bits per heavy atom. The van der Waals surface area contributed by atoms with Gasteiger partial charge in [-0.3, -0.25) is 14.4 Å². The second-order valence-corrected chi connectivity index (χ2v) is 12.3. The number of hydrogen-bond donors (Lipinski definition) is 1. The Kier molecular flexibility index (Phi) is 9.44. The topological polar surface area (TPSA) is 90.4 Å². The zero-order valence-corrected chi connectivity index (χ0v) is 25.1. The van der Waals surface area contributed by atoms with Crippen LogP contribution in [-0.2, 0) is 19.1 Å². The average molecular weight is 566 g/mol. The second-order valence-electron chi connectivity index (χ2n) is 12.3. The molecule has 0 saturated carbocycles. The summed E-state index contributed by atoms with van der Waals surface area (Å²) in [6, 6.07) is 8.53. The van der Waals surface area contributed by atoms with Crippen LogP contribution in [0.1, 0.15) is 59.8 Å². The van der Waals surface area contributed by atoms with Gasteiger partial charge in [0.2, 0.25) is 17.7 Å². The van der Waals surface area contributed by atoms with E-state index in [1.807, 2.05) is 51.1 Å². The van der Waals surface area contributed by atoms with Crippen molar-refractivity contribution in [3.05, 3.63) is 55.6 Å². The molecule has 41 heavy (non-hydrogen) atoms. The molecule has 0 aliphatic carbocycles. The van der Waals surface area contributed by atoms with E-state index in [0.717, 1.165) is 18.5 Å². The van der Waals surface area contributed by atoms with E-state index in [4.69, 9.17) is 4.74 Å². The molecule has 3 aliphatic heterocycles. The first-order valence-electron chi connectivity index (χ1n) is 15.1. The first-order chi connectivity index (χ1) is 19.6. The van der Waals surface area contributed by atoms with Gasteiger partial charge in [0.1, 0.15) is 11.6 Å². The number of benzene rings is 1. The largest absolute Gasteiger partial charge is 0.396 e. The summed E-state index contributed by atoms with van der Waals surface area (Å²) < 4.78 is 6.93. The SMILES string of the molecule is C=CCN(C(=O)[C@H]1[C@H]2C(=O)N(CCCCCCO)C(C(=O)N(CC=C)C(C)C)C23CC(C)[C@]1(C)O3)c1ccccc1. The van der Waals surface area contributed by atoms with Crippen LogP contribution in [-0.4, -0.2) is 82.2 Å². The fourth-order valence-electron chi connectivity index (χ4n) is 7.46. The van der Waals surface area contributed by atoms with Crippen LogP contribution in [0.15, 0.2) is 55.6 Å². The molecule has 3 amide bonds. The maximum absolute atomic E-state index is 14.5. The predicted molar refractivity (Wildman–Crippen MR) is 160 cm³/mol. The van der Waals surface area contributed by atoms with E-state index in [1.54, 1.807) is 26.9 Å². The molecule has 3 unspecified atom stereocenters. The molecule has 224 valence electrons. The van der Waals surface area contributed by atoms with Crippen LogP contribution in [0.2, 0.25) is 0 Å². The first kappa shape index (κ1) is 31.0. The number of fused-ring (bicyclic) bond motifs is 1. The maximum atomic E-state index is 14.5. The van der Waals surface area contributed by atoms with Crippen molar-refractivity contribution in [3.8, 4) is 0 Å². The van der Waals surface area contributed by atoms with Crippen molar-refractivity contribution in [2.24, 2.45) is 17.8 Å². The number of nitrogens with zero attached hydrogens (tertiary/aromatic N) is 3. The number of aliphatic hydroxyl groups excluding tert-OH is 1. The summed E-state index contributed by atoms with van der Waals surface area (Å²) in [6.45, 7) is 16.9. The normalized spacial score (nSPS) is 30.0. The molecule has 1 aromatic carbocycles. The molecular formula is C33H47N3O5. The van der Waals surface area contributed by atoms with Crippen LogP contribution in [0, 0.1) is 17.8 Å². The van der Waals surface area contributed by atoms with Gasteiger partial charge in [-0.25, -0.2) is 0 Å². The summed E-state index contributed by atoms with van der Waals surface area (Å²) in [5.74, 6) is -2.02. The molecule has 3 fully saturated rings. The lowest BCUT2D eigenvalue weighted by atomic mass is 9.62. The molecule has 6 atom stereocenters. The minimum Gasteiger partial charge on any atom is -0.396 e. The van der Waals surface area contributed by atoms with Gasteiger partial charge in [0, 0.05) is 38.0 Å². The van der Waals surface area contributed by atoms with Gasteiger partial charge in [-0.15, -0.1) is 13.2 Å². The van der Waals surface area contributed by atoms with Gasteiger partial charge in [-0.05, 0) is 58.1 Å². The van der Waals surface area contributed by atoms with Crippen molar-refractivity contribution in [3.63, 3.8) is 0 Å². The molecule has 1 N–H and O–H groups in total. The summed E-state index contributed by atoms with van der Waals surface area (Å²) in [7, 11) is 0. The molecular weight excluding hydrogens is 518 g/mol. The van der Waals surface area contributed by atoms with Gasteiger partial charge < -0.3 is 24.5 Å². The first-order valence-corrected chi connectivity index (χ1v) is 15.1. The number of aliphatic hydroxyl groups is 1. The molecule has 2 bridgehead atoms. The van der Waals surface area contributed by atoms with Gasteiger partial charge in [0.15, 0.2) is 0 Å². The number of ether oxygens (including phenoxy) is 1. The Hall–Kier alpha value is -2.97. The van der Waals surface area contributed by atoms with E-state index < -0.39 is 29.1 Å². The van der Waals surface area contributed by atoms with Crippen LogP contribution >= 0.6 is 0 Å². The van der Waals surface area contributed by atoms with Gasteiger partial charge in [-0.1, -0.05) is 50.1 Å². The highest BCUT2D eigenvalue weighted by atomic mass is 16.5. The molecule has 8 heteroatoms. The lowest BCUT2D eigenvalue weighted by molar-refractivity contribution is -0.153. The third-order valence-corrected chi connectivity index (χ3v) is 9.50. The minimum atomic E-state index is -1.08. The van der Waals surface area contributed by atoms with Crippen LogP contribution < -0.4 is 4.90 Å². The van der Waals surface area contributed by atoms with Crippen molar-refractivity contribution in [2.75, 3.05) is 31.1 Å². The summed E-state index contributed by atoms with van der Waals surface area (Å²) in [5.41, 5.74) is -1.24. The van der Waals surface area contributed by atoms with Gasteiger partial charge in [0.25, 0.3) is 0 Å². The number of carbonyl (C=O) groups is 3. The molecule has 8 nitrogen and oxygen atoms in total. The van der Waals surface area contributed by atoms with E-state index in [1.165, 1.54) is 0 Å². The Morgan fingerprint density at radius 2 is 1.76 bits per heavy atom. The van der Waals surface area contributed by atoms with E-state index in [9.17, 15) is 19.5 Å². The number of hydrogen-bond acceptors (Lipinski definition) is 5. The van der Waals surface area contributed by atoms with Crippen molar-refractivity contribution < 1.29 is 24.2 Å². The standard InChI is InChI=1S/C33H47N3O5/c1-7-18-34(23(3)4)31(40)28-33-22-24(5)32(6,41-33)26(27(33)30(39)36(28)20-14-9-10-15-21-37)29(38)35(19-8-2)25-16-12-11-13-17-25/h7-8,11-13,16-17,23-24,26-28,37H,1-2,9-10,14-15,18-22H2,3-6H3/t24?,26-,27+,28?,32+,33?/m1/s1. The molecule has 3 heterocycles. The Morgan fingerprint density at radius 3 is 2.37 bits per heavy atom. The zero-order chi connectivity index (χ0) is 29.9. The van der Waals surface area contributed by atoms with Crippen molar-refractivity contribution >= 4 is 23.4 Å². The van der Waals surface area contributed by atoms with Gasteiger partial charge >= 0.3 is 0 Å². The highest BCUT2D eigenvalue weighted by molar-refractivity contribution is 6.03. The molecule has 0 aromatic heterocycles. The third-order valence-electron chi connectivity index (χ3n) is 9.50. The second kappa shape index (κ2) is 12.5. The maximum Gasteiger partial charge on any atom is 0.248 e. The highest BCUT2D eigenvalue weighted by Gasteiger charge is 2.80. The number of carbonyl (C=O) groups excluding carboxylic acids is 3. The minimum absolute atomic E-state index is 0.0337. The quantitative estimate of drug-likeness (QED) is 0.270. The number of unbranched alkanes of at least 4 members (excludes halogenated alkanes) is 3. The number of rotatable bonds is 14. The van der Waals surface area contributed by atoms with Crippen LogP contribution in [0.4, 0.5) is 5.69 Å². The van der Waals surface area contributed by atoms with Crippen LogP contribution in [0.3, 0.4) is 0 Å². The predicted octanol–water partition coefficient (Wildman–Crippen LogP) is 4.19. The summed E-state index contributed by atoms with van der Waals surface area (Å²) in [5, 5.41) is 9.19. The molecule has 3 aliphatic rings. The van der Waals surface area contributed by atoms with Crippen LogP contribution in [0.5, 0.6) is 0 Å². The summed E-state index contributed by atoms with van der Waals surface area (Å²) in [4.78, 5) is 48.5. The molecule has 1 aromatic rings. The summed E-state index contributed by atoms with van der Waals surface area (Å²) >= 11 is 0. The molecule has 1 spiro atoms. The number of amides is 3. The number of para-hydroxylation sites is 1. The smallest absolute Gasteiger partial charge is 0.248 e. The van der Waals surface area contributed by atoms with E-state index in [0.29, 0.717) is 38.9 Å².